The summed E-state index contributed by atoms with van der Waals surface area (Å²) in [7, 11) is 0. The van der Waals surface area contributed by atoms with Crippen LogP contribution < -0.4 is 5.32 Å². The van der Waals surface area contributed by atoms with Crippen molar-refractivity contribution in [3.05, 3.63) is 0 Å². The summed E-state index contributed by atoms with van der Waals surface area (Å²) in [5.74, 6) is 1.13. The van der Waals surface area contributed by atoms with Gasteiger partial charge in [0.25, 0.3) is 0 Å². The Hall–Kier alpha value is -0.0400. The van der Waals surface area contributed by atoms with Crippen LogP contribution in [-0.2, 0) is 0 Å². The predicted octanol–water partition coefficient (Wildman–Crippen LogP) is 1.93. The van der Waals surface area contributed by atoms with E-state index in [4.69, 9.17) is 0 Å². The minimum atomic E-state index is 0.889. The van der Waals surface area contributed by atoms with Gasteiger partial charge in [0.15, 0.2) is 0 Å². The lowest BCUT2D eigenvalue weighted by Gasteiger charge is -2.07. The van der Waals surface area contributed by atoms with E-state index in [1.165, 1.54) is 45.1 Å². The van der Waals surface area contributed by atoms with Gasteiger partial charge in [0.05, 0.1) is 0 Å². The van der Waals surface area contributed by atoms with Gasteiger partial charge in [0.2, 0.25) is 0 Å². The molecule has 2 fully saturated rings. The number of hydrogen-bond donors (Lipinski definition) is 1. The number of hydrogen-bond acceptors (Lipinski definition) is 1. The molecular weight excluding hydrogens is 122 g/mol. The van der Waals surface area contributed by atoms with Crippen molar-refractivity contribution in [2.75, 3.05) is 6.54 Å². The second kappa shape index (κ2) is 2.91. The molecule has 1 heterocycles. The first-order valence-corrected chi connectivity index (χ1v) is 4.68. The Morgan fingerprint density at radius 2 is 2.00 bits per heavy atom. The summed E-state index contributed by atoms with van der Waals surface area (Å²) in [5.41, 5.74) is 0. The average Bonchev–Trinajstić information content (AvgIpc) is 2.63. The standard InChI is InChI=1S/C9H17N/c1-2-9(10-7-1)6-5-8-3-4-8/h8-10H,1-7H2/t9-/m0/s1. The first kappa shape index (κ1) is 6.66. The number of rotatable bonds is 3. The lowest BCUT2D eigenvalue weighted by atomic mass is 10.1. The summed E-state index contributed by atoms with van der Waals surface area (Å²) < 4.78 is 0. The molecule has 0 aromatic heterocycles. The molecule has 0 bridgehead atoms. The van der Waals surface area contributed by atoms with E-state index >= 15 is 0 Å². The average molecular weight is 139 g/mol. The molecule has 1 aliphatic heterocycles. The molecule has 0 radical (unpaired) electrons. The van der Waals surface area contributed by atoms with E-state index in [0.29, 0.717) is 0 Å². The van der Waals surface area contributed by atoms with E-state index in [0.717, 1.165) is 12.0 Å². The van der Waals surface area contributed by atoms with Crippen LogP contribution in [0.5, 0.6) is 0 Å². The molecule has 1 nitrogen and oxygen atoms in total. The van der Waals surface area contributed by atoms with Crippen LogP contribution in [0.4, 0.5) is 0 Å². The minimum Gasteiger partial charge on any atom is -0.314 e. The van der Waals surface area contributed by atoms with Crippen molar-refractivity contribution in [1.29, 1.82) is 0 Å². The van der Waals surface area contributed by atoms with Gasteiger partial charge in [-0.15, -0.1) is 0 Å². The Balaban J connectivity index is 1.59. The smallest absolute Gasteiger partial charge is 0.00676 e. The third-order valence-corrected chi connectivity index (χ3v) is 2.78. The molecule has 0 aromatic carbocycles. The van der Waals surface area contributed by atoms with Crippen LogP contribution in [0.3, 0.4) is 0 Å². The first-order chi connectivity index (χ1) is 4.95. The van der Waals surface area contributed by atoms with Crippen LogP contribution in [-0.4, -0.2) is 12.6 Å². The van der Waals surface area contributed by atoms with Crippen molar-refractivity contribution < 1.29 is 0 Å². The van der Waals surface area contributed by atoms with Crippen molar-refractivity contribution in [1.82, 2.24) is 5.32 Å². The maximum absolute atomic E-state index is 3.54. The monoisotopic (exact) mass is 139 g/mol. The van der Waals surface area contributed by atoms with E-state index in [9.17, 15) is 0 Å². The normalized spacial score (nSPS) is 33.0. The lowest BCUT2D eigenvalue weighted by molar-refractivity contribution is 0.514. The predicted molar refractivity (Wildman–Crippen MR) is 43.0 cm³/mol. The molecule has 2 rings (SSSR count). The Labute approximate surface area is 63.2 Å². The van der Waals surface area contributed by atoms with Crippen LogP contribution in [0.2, 0.25) is 0 Å². The van der Waals surface area contributed by atoms with Gasteiger partial charge < -0.3 is 5.32 Å². The molecular formula is C9H17N. The van der Waals surface area contributed by atoms with Gasteiger partial charge in [-0.25, -0.2) is 0 Å². The molecule has 2 aliphatic rings. The fraction of sp³-hybridized carbons (Fsp3) is 1.00. The molecule has 10 heavy (non-hydrogen) atoms. The summed E-state index contributed by atoms with van der Waals surface area (Å²) >= 11 is 0. The van der Waals surface area contributed by atoms with Gasteiger partial charge in [0, 0.05) is 6.04 Å². The molecule has 1 saturated heterocycles. The molecule has 58 valence electrons. The highest BCUT2D eigenvalue weighted by Gasteiger charge is 2.23. The van der Waals surface area contributed by atoms with Crippen LogP contribution in [0.15, 0.2) is 0 Å². The Kier molecular flexibility index (Phi) is 1.94. The third kappa shape index (κ3) is 1.72. The van der Waals surface area contributed by atoms with Crippen molar-refractivity contribution >= 4 is 0 Å². The molecule has 0 amide bonds. The third-order valence-electron chi connectivity index (χ3n) is 2.78. The molecule has 1 saturated carbocycles. The largest absolute Gasteiger partial charge is 0.314 e. The van der Waals surface area contributed by atoms with Gasteiger partial charge in [0.1, 0.15) is 0 Å². The van der Waals surface area contributed by atoms with Crippen molar-refractivity contribution in [3.8, 4) is 0 Å². The topological polar surface area (TPSA) is 12.0 Å². The Bertz CT molecular complexity index is 101. The van der Waals surface area contributed by atoms with E-state index in [-0.39, 0.29) is 0 Å². The van der Waals surface area contributed by atoms with Gasteiger partial charge in [-0.05, 0) is 38.1 Å². The van der Waals surface area contributed by atoms with Gasteiger partial charge in [-0.3, -0.25) is 0 Å². The summed E-state index contributed by atoms with van der Waals surface area (Å²) in [6, 6.07) is 0.889. The van der Waals surface area contributed by atoms with Gasteiger partial charge >= 0.3 is 0 Å². The summed E-state index contributed by atoms with van der Waals surface area (Å²) in [6.45, 7) is 1.27. The van der Waals surface area contributed by atoms with Crippen molar-refractivity contribution in [2.24, 2.45) is 5.92 Å². The van der Waals surface area contributed by atoms with E-state index in [1.807, 2.05) is 0 Å². The lowest BCUT2D eigenvalue weighted by Crippen LogP contribution is -2.20. The summed E-state index contributed by atoms with van der Waals surface area (Å²) in [4.78, 5) is 0. The molecule has 0 aromatic rings. The molecule has 0 spiro atoms. The maximum atomic E-state index is 3.54. The zero-order chi connectivity index (χ0) is 6.81. The maximum Gasteiger partial charge on any atom is 0.00676 e. The zero-order valence-electron chi connectivity index (χ0n) is 6.60. The zero-order valence-corrected chi connectivity index (χ0v) is 6.60. The van der Waals surface area contributed by atoms with E-state index < -0.39 is 0 Å². The highest BCUT2D eigenvalue weighted by atomic mass is 14.9. The quantitative estimate of drug-likeness (QED) is 0.630. The molecule has 1 atom stereocenters. The second-order valence-electron chi connectivity index (χ2n) is 3.81. The van der Waals surface area contributed by atoms with Crippen LogP contribution in [0, 0.1) is 5.92 Å². The Morgan fingerprint density at radius 1 is 1.10 bits per heavy atom. The van der Waals surface area contributed by atoms with E-state index in [2.05, 4.69) is 5.32 Å². The first-order valence-electron chi connectivity index (χ1n) is 4.68. The molecule has 1 aliphatic carbocycles. The highest BCUT2D eigenvalue weighted by Crippen LogP contribution is 2.34. The molecule has 1 N–H and O–H groups in total. The highest BCUT2D eigenvalue weighted by molar-refractivity contribution is 4.79. The summed E-state index contributed by atoms with van der Waals surface area (Å²) in [5, 5.41) is 3.54. The van der Waals surface area contributed by atoms with E-state index in [1.54, 1.807) is 0 Å². The minimum absolute atomic E-state index is 0.889. The van der Waals surface area contributed by atoms with Crippen LogP contribution >= 0.6 is 0 Å². The fourth-order valence-electron chi connectivity index (χ4n) is 1.85. The Morgan fingerprint density at radius 3 is 2.60 bits per heavy atom. The summed E-state index contributed by atoms with van der Waals surface area (Å²) in [6.07, 6.45) is 8.84. The van der Waals surface area contributed by atoms with Gasteiger partial charge in [-0.2, -0.15) is 0 Å². The number of nitrogens with one attached hydrogen (secondary N) is 1. The molecule has 1 heteroatoms. The van der Waals surface area contributed by atoms with Crippen molar-refractivity contribution in [2.45, 2.75) is 44.6 Å². The van der Waals surface area contributed by atoms with Crippen molar-refractivity contribution in [3.63, 3.8) is 0 Å². The fourth-order valence-corrected chi connectivity index (χ4v) is 1.85. The van der Waals surface area contributed by atoms with Crippen LogP contribution in [0.25, 0.3) is 0 Å². The van der Waals surface area contributed by atoms with Gasteiger partial charge in [-0.1, -0.05) is 12.8 Å². The van der Waals surface area contributed by atoms with Crippen LogP contribution in [0.1, 0.15) is 38.5 Å². The SMILES string of the molecule is C1CN[C@H](CCC2CC2)C1. The second-order valence-corrected chi connectivity index (χ2v) is 3.81. The molecule has 0 unspecified atom stereocenters.